The lowest BCUT2D eigenvalue weighted by Crippen LogP contribution is -1.98. The van der Waals surface area contributed by atoms with E-state index in [9.17, 15) is 0 Å². The van der Waals surface area contributed by atoms with Crippen molar-refractivity contribution in [2.24, 2.45) is 7.05 Å². The first-order chi connectivity index (χ1) is 8.93. The summed E-state index contributed by atoms with van der Waals surface area (Å²) in [7, 11) is 3.46. The summed E-state index contributed by atoms with van der Waals surface area (Å²) in [5, 5.41) is 5.05. The van der Waals surface area contributed by atoms with Gasteiger partial charge in [0.2, 0.25) is 0 Å². The van der Waals surface area contributed by atoms with Gasteiger partial charge in [-0.2, -0.15) is 5.10 Å². The number of methoxy groups -OCH3 is 1. The molecule has 2 aromatic rings. The van der Waals surface area contributed by atoms with Gasteiger partial charge in [-0.25, -0.2) is 0 Å². The molecule has 1 aromatic carbocycles. The number of aromatic nitrogens is 2. The molecular weight excluding hydrogens is 262 g/mol. The zero-order valence-corrected chi connectivity index (χ0v) is 12.3. The van der Waals surface area contributed by atoms with E-state index in [1.165, 1.54) is 0 Å². The van der Waals surface area contributed by atoms with E-state index in [2.05, 4.69) is 18.9 Å². The van der Waals surface area contributed by atoms with Crippen molar-refractivity contribution >= 4 is 17.4 Å². The molecule has 102 valence electrons. The van der Waals surface area contributed by atoms with Crippen molar-refractivity contribution in [3.63, 3.8) is 0 Å². The van der Waals surface area contributed by atoms with Crippen LogP contribution in [0.15, 0.2) is 18.2 Å². The summed E-state index contributed by atoms with van der Waals surface area (Å²) in [6.45, 7) is 4.20. The van der Waals surface area contributed by atoms with Gasteiger partial charge in [0, 0.05) is 23.7 Å². The van der Waals surface area contributed by atoms with Crippen LogP contribution in [0.5, 0.6) is 5.75 Å². The van der Waals surface area contributed by atoms with Gasteiger partial charge < -0.3 is 10.5 Å². The fourth-order valence-corrected chi connectivity index (χ4v) is 2.30. The van der Waals surface area contributed by atoms with Crippen LogP contribution in [-0.2, 0) is 7.05 Å². The van der Waals surface area contributed by atoms with E-state index in [-0.39, 0.29) is 0 Å². The molecule has 2 N–H and O–H groups in total. The van der Waals surface area contributed by atoms with E-state index in [4.69, 9.17) is 22.1 Å². The van der Waals surface area contributed by atoms with Crippen molar-refractivity contribution in [1.82, 2.24) is 9.78 Å². The van der Waals surface area contributed by atoms with Crippen LogP contribution in [-0.4, -0.2) is 16.9 Å². The van der Waals surface area contributed by atoms with Gasteiger partial charge in [0.1, 0.15) is 11.6 Å². The molecule has 0 bridgehead atoms. The highest BCUT2D eigenvalue weighted by molar-refractivity contribution is 6.31. The summed E-state index contributed by atoms with van der Waals surface area (Å²) < 4.78 is 7.18. The molecule has 0 aliphatic heterocycles. The smallest absolute Gasteiger partial charge is 0.131 e. The average Bonchev–Trinajstić information content (AvgIpc) is 2.68. The number of ether oxygens (including phenoxy) is 1. The molecule has 19 heavy (non-hydrogen) atoms. The van der Waals surface area contributed by atoms with Crippen molar-refractivity contribution in [2.45, 2.75) is 19.8 Å². The normalized spacial score (nSPS) is 11.1. The monoisotopic (exact) mass is 279 g/mol. The van der Waals surface area contributed by atoms with Crippen LogP contribution in [0.3, 0.4) is 0 Å². The molecule has 1 heterocycles. The number of hydrogen-bond donors (Lipinski definition) is 1. The Morgan fingerprint density at radius 1 is 1.32 bits per heavy atom. The van der Waals surface area contributed by atoms with Crippen LogP contribution in [0.2, 0.25) is 5.02 Å². The summed E-state index contributed by atoms with van der Waals surface area (Å²) in [5.74, 6) is 1.72. The molecule has 2 rings (SSSR count). The molecule has 5 heteroatoms. The molecule has 0 saturated carbocycles. The minimum absolute atomic E-state index is 0.313. The first-order valence-electron chi connectivity index (χ1n) is 6.11. The number of benzene rings is 1. The molecule has 0 saturated heterocycles. The lowest BCUT2D eigenvalue weighted by atomic mass is 9.97. The molecule has 4 nitrogen and oxygen atoms in total. The lowest BCUT2D eigenvalue weighted by Gasteiger charge is -2.15. The highest BCUT2D eigenvalue weighted by Crippen LogP contribution is 2.39. The van der Waals surface area contributed by atoms with Gasteiger partial charge in [-0.15, -0.1) is 0 Å². The topological polar surface area (TPSA) is 53.1 Å². The zero-order valence-electron chi connectivity index (χ0n) is 11.6. The van der Waals surface area contributed by atoms with E-state index in [0.29, 0.717) is 16.8 Å². The maximum atomic E-state index is 6.20. The zero-order chi connectivity index (χ0) is 14.2. The molecule has 0 fully saturated rings. The average molecular weight is 280 g/mol. The largest absolute Gasteiger partial charge is 0.496 e. The molecule has 0 atom stereocenters. The van der Waals surface area contributed by atoms with Crippen LogP contribution >= 0.6 is 11.6 Å². The van der Waals surface area contributed by atoms with E-state index in [0.717, 1.165) is 22.6 Å². The van der Waals surface area contributed by atoms with Crippen molar-refractivity contribution in [3.8, 4) is 17.0 Å². The Balaban J connectivity index is 2.68. The number of hydrogen-bond acceptors (Lipinski definition) is 3. The SMILES string of the molecule is COc1c(-c2cc(N)n(C)n2)cc(Cl)cc1C(C)C. The second-order valence-corrected chi connectivity index (χ2v) is 5.25. The fourth-order valence-electron chi connectivity index (χ4n) is 2.07. The summed E-state index contributed by atoms with van der Waals surface area (Å²) in [6, 6.07) is 5.60. The minimum atomic E-state index is 0.313. The second kappa shape index (κ2) is 5.13. The number of aryl methyl sites for hydroxylation is 1. The van der Waals surface area contributed by atoms with Crippen molar-refractivity contribution in [1.29, 1.82) is 0 Å². The number of nitrogen functional groups attached to an aromatic ring is 1. The first-order valence-corrected chi connectivity index (χ1v) is 6.49. The molecular formula is C14H18ClN3O. The molecule has 0 aliphatic carbocycles. The summed E-state index contributed by atoms with van der Waals surface area (Å²) in [6.07, 6.45) is 0. The Hall–Kier alpha value is -1.68. The van der Waals surface area contributed by atoms with E-state index in [1.807, 2.05) is 18.2 Å². The third-order valence-electron chi connectivity index (χ3n) is 3.10. The quantitative estimate of drug-likeness (QED) is 0.936. The molecule has 0 spiro atoms. The second-order valence-electron chi connectivity index (χ2n) is 4.81. The molecule has 1 aromatic heterocycles. The Kier molecular flexibility index (Phi) is 3.71. The van der Waals surface area contributed by atoms with Gasteiger partial charge in [-0.05, 0) is 23.6 Å². The maximum Gasteiger partial charge on any atom is 0.131 e. The summed E-state index contributed by atoms with van der Waals surface area (Å²) in [5.41, 5.74) is 8.53. The van der Waals surface area contributed by atoms with E-state index in [1.54, 1.807) is 18.8 Å². The predicted octanol–water partition coefficient (Wildman–Crippen LogP) is 3.45. The van der Waals surface area contributed by atoms with Gasteiger partial charge in [0.15, 0.2) is 0 Å². The Bertz CT molecular complexity index is 585. The highest BCUT2D eigenvalue weighted by Gasteiger charge is 2.17. The Morgan fingerprint density at radius 3 is 2.47 bits per heavy atom. The number of anilines is 1. The summed E-state index contributed by atoms with van der Waals surface area (Å²) >= 11 is 6.20. The number of rotatable bonds is 3. The van der Waals surface area contributed by atoms with E-state index >= 15 is 0 Å². The molecule has 0 aliphatic rings. The standard InChI is InChI=1S/C14H18ClN3O/c1-8(2)10-5-9(15)6-11(14(10)19-4)12-7-13(16)18(3)17-12/h5-8H,16H2,1-4H3. The van der Waals surface area contributed by atoms with E-state index < -0.39 is 0 Å². The van der Waals surface area contributed by atoms with Gasteiger partial charge in [-0.3, -0.25) is 4.68 Å². The lowest BCUT2D eigenvalue weighted by molar-refractivity contribution is 0.409. The fraction of sp³-hybridized carbons (Fsp3) is 0.357. The van der Waals surface area contributed by atoms with Crippen LogP contribution < -0.4 is 10.5 Å². The Morgan fingerprint density at radius 2 is 2.00 bits per heavy atom. The molecule has 0 unspecified atom stereocenters. The van der Waals surface area contributed by atoms with Gasteiger partial charge in [0.25, 0.3) is 0 Å². The number of halogens is 1. The number of nitrogens with two attached hydrogens (primary N) is 1. The van der Waals surface area contributed by atoms with Crippen LogP contribution in [0.25, 0.3) is 11.3 Å². The third kappa shape index (κ3) is 2.54. The van der Waals surface area contributed by atoms with Crippen LogP contribution in [0.4, 0.5) is 5.82 Å². The predicted molar refractivity (Wildman–Crippen MR) is 78.7 cm³/mol. The van der Waals surface area contributed by atoms with Gasteiger partial charge in [-0.1, -0.05) is 25.4 Å². The van der Waals surface area contributed by atoms with Gasteiger partial charge in [0.05, 0.1) is 12.8 Å². The molecule has 0 amide bonds. The van der Waals surface area contributed by atoms with Crippen LogP contribution in [0, 0.1) is 0 Å². The molecule has 0 radical (unpaired) electrons. The third-order valence-corrected chi connectivity index (χ3v) is 3.32. The van der Waals surface area contributed by atoms with Gasteiger partial charge >= 0.3 is 0 Å². The maximum absolute atomic E-state index is 6.20. The number of nitrogens with zero attached hydrogens (tertiary/aromatic N) is 2. The highest BCUT2D eigenvalue weighted by atomic mass is 35.5. The summed E-state index contributed by atoms with van der Waals surface area (Å²) in [4.78, 5) is 0. The minimum Gasteiger partial charge on any atom is -0.496 e. The van der Waals surface area contributed by atoms with Crippen molar-refractivity contribution in [2.75, 3.05) is 12.8 Å². The Labute approximate surface area is 118 Å². The first kappa shape index (κ1) is 13.7. The van der Waals surface area contributed by atoms with Crippen molar-refractivity contribution < 1.29 is 4.74 Å². The van der Waals surface area contributed by atoms with Crippen LogP contribution in [0.1, 0.15) is 25.3 Å². The van der Waals surface area contributed by atoms with Crippen molar-refractivity contribution in [3.05, 3.63) is 28.8 Å².